The lowest BCUT2D eigenvalue weighted by atomic mass is 9.68. The highest BCUT2D eigenvalue weighted by Gasteiger charge is 2.64. The molecule has 1 unspecified atom stereocenters. The maximum absolute atomic E-state index is 13.6. The number of esters is 3. The molecule has 1 aliphatic carbocycles. The summed E-state index contributed by atoms with van der Waals surface area (Å²) < 4.78 is 18.1. The minimum Gasteiger partial charge on any atom is -0.465 e. The fraction of sp³-hybridized carbons (Fsp3) is 0.556. The molecule has 0 aliphatic heterocycles. The Kier molecular flexibility index (Phi) is 9.17. The first kappa shape index (κ1) is 27.7. The second kappa shape index (κ2) is 11.9. The standard InChI is InChI=1S/C27H35ClN2O6/c1-6-34-24(31)27(25(32)35-7-2,26(33)36-8-3)20-10-9-11-21-22(20)30(23(29-21)17(4)5)16-18-12-14-19(28)15-13-18/h12-15,17,20H,6-11,16H2,1-5H3. The Balaban J connectivity index is 2.29. The van der Waals surface area contributed by atoms with Gasteiger partial charge in [0.25, 0.3) is 5.41 Å². The second-order valence-corrected chi connectivity index (χ2v) is 9.52. The van der Waals surface area contributed by atoms with Gasteiger partial charge in [-0.15, -0.1) is 0 Å². The van der Waals surface area contributed by atoms with E-state index < -0.39 is 29.2 Å². The number of rotatable bonds is 10. The number of carbonyl (C=O) groups is 3. The molecule has 1 aromatic heterocycles. The van der Waals surface area contributed by atoms with Crippen LogP contribution in [0.2, 0.25) is 5.02 Å². The predicted molar refractivity (Wildman–Crippen MR) is 135 cm³/mol. The summed E-state index contributed by atoms with van der Waals surface area (Å²) in [5.74, 6) is -2.84. The molecule has 0 saturated heterocycles. The molecule has 8 nitrogen and oxygen atoms in total. The number of halogens is 1. The number of aromatic nitrogens is 2. The molecule has 196 valence electrons. The Labute approximate surface area is 217 Å². The number of hydrogen-bond donors (Lipinski definition) is 0. The molecule has 0 radical (unpaired) electrons. The van der Waals surface area contributed by atoms with Gasteiger partial charge < -0.3 is 18.8 Å². The fourth-order valence-electron chi connectivity index (χ4n) is 4.93. The van der Waals surface area contributed by atoms with Crippen LogP contribution in [0.3, 0.4) is 0 Å². The molecule has 1 heterocycles. The van der Waals surface area contributed by atoms with Crippen LogP contribution in [0.4, 0.5) is 0 Å². The first-order chi connectivity index (χ1) is 17.2. The topological polar surface area (TPSA) is 96.7 Å². The Hall–Kier alpha value is -2.87. The molecule has 0 amide bonds. The van der Waals surface area contributed by atoms with E-state index in [0.29, 0.717) is 36.5 Å². The third kappa shape index (κ3) is 5.14. The van der Waals surface area contributed by atoms with E-state index in [0.717, 1.165) is 17.1 Å². The van der Waals surface area contributed by atoms with E-state index in [-0.39, 0.29) is 25.7 Å². The van der Waals surface area contributed by atoms with Crippen molar-refractivity contribution >= 4 is 29.5 Å². The normalized spacial score (nSPS) is 15.4. The highest BCUT2D eigenvalue weighted by Crippen LogP contribution is 2.48. The number of carbonyl (C=O) groups excluding carboxylic acids is 3. The summed E-state index contributed by atoms with van der Waals surface area (Å²) in [6, 6.07) is 7.47. The minimum absolute atomic E-state index is 0.000249. The monoisotopic (exact) mass is 518 g/mol. The third-order valence-electron chi connectivity index (χ3n) is 6.43. The average molecular weight is 519 g/mol. The van der Waals surface area contributed by atoms with E-state index >= 15 is 0 Å². The van der Waals surface area contributed by atoms with Crippen LogP contribution in [0.5, 0.6) is 0 Å². The number of fused-ring (bicyclic) bond motifs is 1. The van der Waals surface area contributed by atoms with Crippen molar-refractivity contribution in [1.29, 1.82) is 0 Å². The van der Waals surface area contributed by atoms with Gasteiger partial charge in [0, 0.05) is 29.1 Å². The van der Waals surface area contributed by atoms with Crippen LogP contribution < -0.4 is 0 Å². The van der Waals surface area contributed by atoms with Crippen LogP contribution in [0, 0.1) is 5.41 Å². The van der Waals surface area contributed by atoms with Crippen LogP contribution in [0.1, 0.15) is 82.1 Å². The molecule has 2 aromatic rings. The zero-order chi connectivity index (χ0) is 26.5. The highest BCUT2D eigenvalue weighted by molar-refractivity contribution is 6.30. The van der Waals surface area contributed by atoms with Gasteiger partial charge in [0.05, 0.1) is 25.5 Å². The molecule has 0 fully saturated rings. The molecule has 3 rings (SSSR count). The highest BCUT2D eigenvalue weighted by atomic mass is 35.5. The van der Waals surface area contributed by atoms with Crippen LogP contribution in [0.25, 0.3) is 0 Å². The van der Waals surface area contributed by atoms with Crippen molar-refractivity contribution in [2.45, 2.75) is 72.3 Å². The molecule has 1 aliphatic rings. The summed E-state index contributed by atoms with van der Waals surface area (Å²) in [4.78, 5) is 45.7. The molecule has 0 spiro atoms. The second-order valence-electron chi connectivity index (χ2n) is 9.08. The van der Waals surface area contributed by atoms with E-state index in [2.05, 4.69) is 0 Å². The number of ether oxygens (including phenoxy) is 3. The summed E-state index contributed by atoms with van der Waals surface area (Å²) in [6.45, 7) is 9.41. The van der Waals surface area contributed by atoms with Crippen molar-refractivity contribution in [2.24, 2.45) is 5.41 Å². The van der Waals surface area contributed by atoms with E-state index in [9.17, 15) is 14.4 Å². The van der Waals surface area contributed by atoms with Gasteiger partial charge in [0.15, 0.2) is 0 Å². The van der Waals surface area contributed by atoms with Crippen molar-refractivity contribution in [3.05, 3.63) is 52.1 Å². The summed E-state index contributed by atoms with van der Waals surface area (Å²) in [6.07, 6.45) is 1.71. The predicted octanol–water partition coefficient (Wildman–Crippen LogP) is 4.80. The summed E-state index contributed by atoms with van der Waals surface area (Å²) >= 11 is 6.09. The lowest BCUT2D eigenvalue weighted by Crippen LogP contribution is -2.54. The molecule has 9 heteroatoms. The van der Waals surface area contributed by atoms with E-state index in [1.807, 2.05) is 42.7 Å². The number of aryl methyl sites for hydroxylation is 1. The lowest BCUT2D eigenvalue weighted by molar-refractivity contribution is -0.186. The van der Waals surface area contributed by atoms with Gasteiger partial charge in [-0.05, 0) is 57.7 Å². The summed E-state index contributed by atoms with van der Waals surface area (Å²) in [5.41, 5.74) is 0.128. The quantitative estimate of drug-likeness (QED) is 0.253. The SMILES string of the molecule is CCOC(=O)C(C(=O)OCC)(C(=O)OCC)C1CCCc2nc(C(C)C)n(Cc3ccc(Cl)cc3)c21. The summed E-state index contributed by atoms with van der Waals surface area (Å²) in [5, 5.41) is 0.624. The van der Waals surface area contributed by atoms with E-state index in [1.54, 1.807) is 20.8 Å². The van der Waals surface area contributed by atoms with Crippen LogP contribution in [-0.2, 0) is 41.6 Å². The molecule has 1 atom stereocenters. The van der Waals surface area contributed by atoms with E-state index in [1.165, 1.54) is 0 Å². The van der Waals surface area contributed by atoms with Crippen LogP contribution in [0.15, 0.2) is 24.3 Å². The molecule has 0 bridgehead atoms. The number of imidazole rings is 1. The number of benzene rings is 1. The van der Waals surface area contributed by atoms with Crippen molar-refractivity contribution in [3.8, 4) is 0 Å². The third-order valence-corrected chi connectivity index (χ3v) is 6.69. The number of hydrogen-bond acceptors (Lipinski definition) is 7. The molecular weight excluding hydrogens is 484 g/mol. The number of nitrogens with zero attached hydrogens (tertiary/aromatic N) is 2. The van der Waals surface area contributed by atoms with Gasteiger partial charge in [-0.2, -0.15) is 0 Å². The largest absolute Gasteiger partial charge is 0.465 e. The Morgan fingerprint density at radius 2 is 1.53 bits per heavy atom. The molecule has 0 saturated carbocycles. The lowest BCUT2D eigenvalue weighted by Gasteiger charge is -2.37. The Morgan fingerprint density at radius 3 is 2.00 bits per heavy atom. The molecule has 36 heavy (non-hydrogen) atoms. The van der Waals surface area contributed by atoms with Crippen molar-refractivity contribution in [2.75, 3.05) is 19.8 Å². The maximum Gasteiger partial charge on any atom is 0.335 e. The van der Waals surface area contributed by atoms with Gasteiger partial charge in [-0.3, -0.25) is 14.4 Å². The van der Waals surface area contributed by atoms with E-state index in [4.69, 9.17) is 30.8 Å². The smallest absolute Gasteiger partial charge is 0.335 e. The van der Waals surface area contributed by atoms with Gasteiger partial charge in [0.1, 0.15) is 5.82 Å². The molecule has 0 N–H and O–H groups in total. The average Bonchev–Trinajstić information content (AvgIpc) is 3.21. The first-order valence-electron chi connectivity index (χ1n) is 12.6. The first-order valence-corrected chi connectivity index (χ1v) is 12.9. The Bertz CT molecular complexity index is 1050. The Morgan fingerprint density at radius 1 is 1.00 bits per heavy atom. The summed E-state index contributed by atoms with van der Waals surface area (Å²) in [7, 11) is 0. The molecule has 1 aromatic carbocycles. The van der Waals surface area contributed by atoms with Crippen LogP contribution in [-0.4, -0.2) is 47.3 Å². The fourth-order valence-corrected chi connectivity index (χ4v) is 5.06. The maximum atomic E-state index is 13.6. The minimum atomic E-state index is -2.29. The zero-order valence-electron chi connectivity index (χ0n) is 21.6. The molecular formula is C27H35ClN2O6. The zero-order valence-corrected chi connectivity index (χ0v) is 22.4. The van der Waals surface area contributed by atoms with Crippen molar-refractivity contribution in [3.63, 3.8) is 0 Å². The van der Waals surface area contributed by atoms with Gasteiger partial charge in [0.2, 0.25) is 0 Å². The van der Waals surface area contributed by atoms with Crippen molar-refractivity contribution in [1.82, 2.24) is 9.55 Å². The van der Waals surface area contributed by atoms with Crippen LogP contribution >= 0.6 is 11.6 Å². The van der Waals surface area contributed by atoms with Gasteiger partial charge in [-0.25, -0.2) is 4.98 Å². The van der Waals surface area contributed by atoms with Crippen molar-refractivity contribution < 1.29 is 28.6 Å². The van der Waals surface area contributed by atoms with Gasteiger partial charge >= 0.3 is 17.9 Å². The van der Waals surface area contributed by atoms with Gasteiger partial charge in [-0.1, -0.05) is 37.6 Å².